The van der Waals surface area contributed by atoms with Crippen molar-refractivity contribution in [3.63, 3.8) is 0 Å². The van der Waals surface area contributed by atoms with Crippen LogP contribution < -0.4 is 0 Å². The van der Waals surface area contributed by atoms with Crippen LogP contribution in [0, 0.1) is 12.3 Å². The Morgan fingerprint density at radius 3 is 2.47 bits per heavy atom. The van der Waals surface area contributed by atoms with Crippen LogP contribution in [-0.4, -0.2) is 0 Å². The summed E-state index contributed by atoms with van der Waals surface area (Å²) in [5, 5.41) is 0. The Hall–Kier alpha value is -1.04. The molecule has 0 aliphatic heterocycles. The maximum Gasteiger partial charge on any atom is -0.0198 e. The summed E-state index contributed by atoms with van der Waals surface area (Å²) in [6.45, 7) is 6.92. The molecule has 0 heterocycles. The predicted octanol–water partition coefficient (Wildman–Crippen LogP) is 4.59. The summed E-state index contributed by atoms with van der Waals surface area (Å²) in [7, 11) is 0. The first-order valence-electron chi connectivity index (χ1n) is 5.83. The van der Waals surface area contributed by atoms with Gasteiger partial charge in [0, 0.05) is 0 Å². The van der Waals surface area contributed by atoms with Gasteiger partial charge in [-0.15, -0.1) is 0 Å². The first-order valence-corrected chi connectivity index (χ1v) is 5.83. The molecule has 0 amide bonds. The van der Waals surface area contributed by atoms with Crippen molar-refractivity contribution in [1.82, 2.24) is 0 Å². The molecule has 0 bridgehead atoms. The first-order chi connectivity index (χ1) is 7.08. The van der Waals surface area contributed by atoms with Crippen molar-refractivity contribution >= 4 is 5.57 Å². The van der Waals surface area contributed by atoms with E-state index in [1.807, 2.05) is 0 Å². The lowest BCUT2D eigenvalue weighted by molar-refractivity contribution is 0.335. The Labute approximate surface area is 93.0 Å². The number of aryl methyl sites for hydroxylation is 1. The van der Waals surface area contributed by atoms with Crippen molar-refractivity contribution in [1.29, 1.82) is 0 Å². The van der Waals surface area contributed by atoms with E-state index in [2.05, 4.69) is 51.1 Å². The Bertz CT molecular complexity index is 383. The van der Waals surface area contributed by atoms with E-state index in [0.717, 1.165) is 0 Å². The zero-order valence-corrected chi connectivity index (χ0v) is 10.0. The third-order valence-corrected chi connectivity index (χ3v) is 3.46. The monoisotopic (exact) mass is 200 g/mol. The van der Waals surface area contributed by atoms with Crippen molar-refractivity contribution in [2.45, 2.75) is 40.0 Å². The lowest BCUT2D eigenvalue weighted by Gasteiger charge is -2.29. The number of hydrogen-bond acceptors (Lipinski definition) is 0. The van der Waals surface area contributed by atoms with E-state index in [-0.39, 0.29) is 0 Å². The summed E-state index contributed by atoms with van der Waals surface area (Å²) >= 11 is 0. The van der Waals surface area contributed by atoms with Crippen molar-refractivity contribution < 1.29 is 0 Å². The molecule has 0 saturated carbocycles. The molecule has 0 aromatic heterocycles. The second-order valence-corrected chi connectivity index (χ2v) is 5.41. The van der Waals surface area contributed by atoms with Gasteiger partial charge in [0.25, 0.3) is 0 Å². The topological polar surface area (TPSA) is 0 Å². The van der Waals surface area contributed by atoms with Crippen molar-refractivity contribution in [2.24, 2.45) is 5.41 Å². The molecular formula is C15H20. The second-order valence-electron chi connectivity index (χ2n) is 5.41. The van der Waals surface area contributed by atoms with Gasteiger partial charge in [-0.2, -0.15) is 0 Å². The van der Waals surface area contributed by atoms with Crippen LogP contribution in [0.5, 0.6) is 0 Å². The van der Waals surface area contributed by atoms with Gasteiger partial charge >= 0.3 is 0 Å². The highest BCUT2D eigenvalue weighted by molar-refractivity contribution is 5.68. The molecule has 1 aliphatic carbocycles. The van der Waals surface area contributed by atoms with Crippen molar-refractivity contribution in [3.8, 4) is 0 Å². The fourth-order valence-electron chi connectivity index (χ4n) is 2.25. The van der Waals surface area contributed by atoms with Gasteiger partial charge in [-0.1, -0.05) is 44.2 Å². The molecule has 80 valence electrons. The van der Waals surface area contributed by atoms with Gasteiger partial charge in [0.2, 0.25) is 0 Å². The Balaban J connectivity index is 2.27. The largest absolute Gasteiger partial charge is 0.0802 e. The summed E-state index contributed by atoms with van der Waals surface area (Å²) in [5.74, 6) is 0. The van der Waals surface area contributed by atoms with Gasteiger partial charge in [0.15, 0.2) is 0 Å². The SMILES string of the molecule is Cc1ccccc1C1=CCC(C)(C)CC1. The summed E-state index contributed by atoms with van der Waals surface area (Å²) in [6.07, 6.45) is 6.20. The highest BCUT2D eigenvalue weighted by Crippen LogP contribution is 2.38. The molecule has 0 radical (unpaired) electrons. The molecule has 0 saturated heterocycles. The molecule has 0 atom stereocenters. The van der Waals surface area contributed by atoms with Gasteiger partial charge in [0.05, 0.1) is 0 Å². The normalized spacial score (nSPS) is 19.8. The highest BCUT2D eigenvalue weighted by Gasteiger charge is 2.22. The minimum atomic E-state index is 0.506. The van der Waals surface area contributed by atoms with Crippen LogP contribution in [0.1, 0.15) is 44.2 Å². The van der Waals surface area contributed by atoms with E-state index in [0.29, 0.717) is 5.41 Å². The van der Waals surface area contributed by atoms with Gasteiger partial charge in [0.1, 0.15) is 0 Å². The number of benzene rings is 1. The highest BCUT2D eigenvalue weighted by atomic mass is 14.3. The zero-order valence-electron chi connectivity index (χ0n) is 10.0. The quantitative estimate of drug-likeness (QED) is 0.622. The third kappa shape index (κ3) is 2.31. The summed E-state index contributed by atoms with van der Waals surface area (Å²) in [4.78, 5) is 0. The summed E-state index contributed by atoms with van der Waals surface area (Å²) < 4.78 is 0. The zero-order chi connectivity index (χ0) is 10.9. The van der Waals surface area contributed by atoms with Gasteiger partial charge in [-0.05, 0) is 48.3 Å². The van der Waals surface area contributed by atoms with E-state index >= 15 is 0 Å². The molecular weight excluding hydrogens is 180 g/mol. The fourth-order valence-corrected chi connectivity index (χ4v) is 2.25. The van der Waals surface area contributed by atoms with E-state index in [1.165, 1.54) is 30.4 Å². The minimum absolute atomic E-state index is 0.506. The van der Waals surface area contributed by atoms with Crippen LogP contribution >= 0.6 is 0 Å². The standard InChI is InChI=1S/C15H20/c1-12-6-4-5-7-14(12)13-8-10-15(2,3)11-9-13/h4-8H,9-11H2,1-3H3. The molecule has 1 aromatic rings. The van der Waals surface area contributed by atoms with Crippen molar-refractivity contribution in [2.75, 3.05) is 0 Å². The lowest BCUT2D eigenvalue weighted by Crippen LogP contribution is -2.14. The minimum Gasteiger partial charge on any atom is -0.0802 e. The van der Waals surface area contributed by atoms with Gasteiger partial charge in [-0.25, -0.2) is 0 Å². The molecule has 15 heavy (non-hydrogen) atoms. The van der Waals surface area contributed by atoms with Crippen molar-refractivity contribution in [3.05, 3.63) is 41.5 Å². The summed E-state index contributed by atoms with van der Waals surface area (Å²) in [5.41, 5.74) is 4.91. The Morgan fingerprint density at radius 2 is 1.87 bits per heavy atom. The Morgan fingerprint density at radius 1 is 1.13 bits per heavy atom. The molecule has 0 nitrogen and oxygen atoms in total. The van der Waals surface area contributed by atoms with Crippen LogP contribution in [0.25, 0.3) is 5.57 Å². The fraction of sp³-hybridized carbons (Fsp3) is 0.467. The van der Waals surface area contributed by atoms with Gasteiger partial charge < -0.3 is 0 Å². The third-order valence-electron chi connectivity index (χ3n) is 3.46. The average molecular weight is 200 g/mol. The molecule has 2 rings (SSSR count). The molecule has 0 heteroatoms. The van der Waals surface area contributed by atoms with Crippen LogP contribution in [0.4, 0.5) is 0 Å². The maximum atomic E-state index is 2.44. The van der Waals surface area contributed by atoms with E-state index in [4.69, 9.17) is 0 Å². The molecule has 0 N–H and O–H groups in total. The van der Waals surface area contributed by atoms with Crippen LogP contribution in [0.2, 0.25) is 0 Å². The summed E-state index contributed by atoms with van der Waals surface area (Å²) in [6, 6.07) is 8.71. The van der Waals surface area contributed by atoms with Crippen LogP contribution in [-0.2, 0) is 0 Å². The van der Waals surface area contributed by atoms with Crippen LogP contribution in [0.15, 0.2) is 30.3 Å². The van der Waals surface area contributed by atoms with E-state index < -0.39 is 0 Å². The molecule has 0 spiro atoms. The number of hydrogen-bond donors (Lipinski definition) is 0. The molecule has 0 fully saturated rings. The van der Waals surface area contributed by atoms with E-state index in [1.54, 1.807) is 5.57 Å². The molecule has 1 aliphatic rings. The molecule has 1 aromatic carbocycles. The first kappa shape index (κ1) is 10.5. The lowest BCUT2D eigenvalue weighted by atomic mass is 9.76. The van der Waals surface area contributed by atoms with E-state index in [9.17, 15) is 0 Å². The van der Waals surface area contributed by atoms with Gasteiger partial charge in [-0.3, -0.25) is 0 Å². The van der Waals surface area contributed by atoms with Crippen LogP contribution in [0.3, 0.4) is 0 Å². The molecule has 0 unspecified atom stereocenters. The average Bonchev–Trinajstić information content (AvgIpc) is 2.19. The maximum absolute atomic E-state index is 2.44. The second kappa shape index (κ2) is 3.84. The number of rotatable bonds is 1. The smallest absolute Gasteiger partial charge is 0.0198 e. The number of allylic oxidation sites excluding steroid dienone is 2. The predicted molar refractivity (Wildman–Crippen MR) is 66.8 cm³/mol. The Kier molecular flexibility index (Phi) is 2.68.